The summed E-state index contributed by atoms with van der Waals surface area (Å²) in [6, 6.07) is 16.0. The van der Waals surface area contributed by atoms with Crippen LogP contribution in [-0.4, -0.2) is 4.98 Å². The number of fused-ring (bicyclic) bond motifs is 1. The van der Waals surface area contributed by atoms with E-state index in [0.29, 0.717) is 10.7 Å². The molecule has 0 spiro atoms. The summed E-state index contributed by atoms with van der Waals surface area (Å²) in [6.07, 6.45) is 0. The zero-order valence-corrected chi connectivity index (χ0v) is 12.2. The van der Waals surface area contributed by atoms with Crippen LogP contribution in [0.2, 0.25) is 0 Å². The van der Waals surface area contributed by atoms with Crippen LogP contribution in [0.15, 0.2) is 47.4 Å². The first kappa shape index (κ1) is 13.0. The molecule has 0 saturated heterocycles. The average molecular weight is 297 g/mol. The van der Waals surface area contributed by atoms with Gasteiger partial charge in [-0.15, -0.1) is 11.8 Å². The third-order valence-electron chi connectivity index (χ3n) is 2.86. The van der Waals surface area contributed by atoms with Gasteiger partial charge in [0, 0.05) is 10.6 Å². The van der Waals surface area contributed by atoms with E-state index < -0.39 is 0 Å². The normalized spacial score (nSPS) is 10.6. The molecule has 2 N–H and O–H groups in total. The van der Waals surface area contributed by atoms with Gasteiger partial charge in [0.15, 0.2) is 5.13 Å². The molecule has 2 aromatic carbocycles. The molecule has 0 fully saturated rings. The van der Waals surface area contributed by atoms with E-state index in [1.54, 1.807) is 11.8 Å². The van der Waals surface area contributed by atoms with E-state index >= 15 is 0 Å². The van der Waals surface area contributed by atoms with Crippen LogP contribution >= 0.6 is 23.1 Å². The molecule has 3 aromatic rings. The Bertz CT molecular complexity index is 785. The van der Waals surface area contributed by atoms with Gasteiger partial charge in [-0.1, -0.05) is 23.5 Å². The summed E-state index contributed by atoms with van der Waals surface area (Å²) >= 11 is 3.28. The lowest BCUT2D eigenvalue weighted by molar-refractivity contribution is 1.37. The van der Waals surface area contributed by atoms with E-state index in [1.165, 1.54) is 21.8 Å². The molecule has 98 valence electrons. The molecule has 0 bridgehead atoms. The summed E-state index contributed by atoms with van der Waals surface area (Å²) < 4.78 is 1.12. The quantitative estimate of drug-likeness (QED) is 0.741. The molecule has 3 nitrogen and oxygen atoms in total. The standard InChI is InChI=1S/C15H11N3S2/c16-8-10-1-3-11(4-2-10)9-19-12-5-6-13-14(7-12)20-15(17)18-13/h1-7H,9H2,(H2,17,18). The molecule has 0 radical (unpaired) electrons. The van der Waals surface area contributed by atoms with Crippen molar-refractivity contribution in [2.24, 2.45) is 0 Å². The number of hydrogen-bond donors (Lipinski definition) is 1. The summed E-state index contributed by atoms with van der Waals surface area (Å²) in [4.78, 5) is 5.45. The Morgan fingerprint density at radius 2 is 2.00 bits per heavy atom. The molecule has 3 rings (SSSR count). The van der Waals surface area contributed by atoms with E-state index in [-0.39, 0.29) is 0 Å². The van der Waals surface area contributed by atoms with E-state index in [2.05, 4.69) is 23.2 Å². The fourth-order valence-electron chi connectivity index (χ4n) is 1.85. The molecular formula is C15H11N3S2. The third kappa shape index (κ3) is 2.77. The lowest BCUT2D eigenvalue weighted by atomic mass is 10.2. The van der Waals surface area contributed by atoms with Crippen molar-refractivity contribution < 1.29 is 0 Å². The largest absolute Gasteiger partial charge is 0.375 e. The van der Waals surface area contributed by atoms with E-state index in [4.69, 9.17) is 11.0 Å². The number of hydrogen-bond acceptors (Lipinski definition) is 5. The Hall–Kier alpha value is -2.03. The second-order valence-electron chi connectivity index (χ2n) is 4.28. The Morgan fingerprint density at radius 1 is 1.20 bits per heavy atom. The monoisotopic (exact) mass is 297 g/mol. The first-order valence-electron chi connectivity index (χ1n) is 6.02. The van der Waals surface area contributed by atoms with Crippen molar-refractivity contribution >= 4 is 38.4 Å². The molecule has 0 atom stereocenters. The molecule has 1 heterocycles. The van der Waals surface area contributed by atoms with Crippen molar-refractivity contribution in [1.29, 1.82) is 5.26 Å². The molecule has 0 aliphatic rings. The minimum Gasteiger partial charge on any atom is -0.375 e. The van der Waals surface area contributed by atoms with Crippen LogP contribution in [0.5, 0.6) is 0 Å². The topological polar surface area (TPSA) is 62.7 Å². The third-order valence-corrected chi connectivity index (χ3v) is 4.78. The van der Waals surface area contributed by atoms with Crippen molar-refractivity contribution in [2.75, 3.05) is 5.73 Å². The van der Waals surface area contributed by atoms with Gasteiger partial charge in [0.2, 0.25) is 0 Å². The van der Waals surface area contributed by atoms with Crippen molar-refractivity contribution in [2.45, 2.75) is 10.6 Å². The fraction of sp³-hybridized carbons (Fsp3) is 0.0667. The molecule has 5 heteroatoms. The predicted octanol–water partition coefficient (Wildman–Crippen LogP) is 4.04. The van der Waals surface area contributed by atoms with Gasteiger partial charge < -0.3 is 5.73 Å². The van der Waals surface area contributed by atoms with Gasteiger partial charge in [0.1, 0.15) is 0 Å². The number of aromatic nitrogens is 1. The van der Waals surface area contributed by atoms with Crippen LogP contribution in [0.25, 0.3) is 10.2 Å². The average Bonchev–Trinajstić information content (AvgIpc) is 2.85. The van der Waals surface area contributed by atoms with Crippen LogP contribution in [0, 0.1) is 11.3 Å². The van der Waals surface area contributed by atoms with Gasteiger partial charge in [-0.2, -0.15) is 5.26 Å². The molecule has 0 saturated carbocycles. The predicted molar refractivity (Wildman–Crippen MR) is 84.8 cm³/mol. The zero-order chi connectivity index (χ0) is 13.9. The first-order chi connectivity index (χ1) is 9.74. The highest BCUT2D eigenvalue weighted by Crippen LogP contribution is 2.30. The highest BCUT2D eigenvalue weighted by molar-refractivity contribution is 7.98. The van der Waals surface area contributed by atoms with Gasteiger partial charge in [0.25, 0.3) is 0 Å². The SMILES string of the molecule is N#Cc1ccc(CSc2ccc3nc(N)sc3c2)cc1. The number of anilines is 1. The Balaban J connectivity index is 1.74. The van der Waals surface area contributed by atoms with Crippen molar-refractivity contribution in [3.8, 4) is 6.07 Å². The second-order valence-corrected chi connectivity index (χ2v) is 6.39. The van der Waals surface area contributed by atoms with Crippen LogP contribution < -0.4 is 5.73 Å². The maximum Gasteiger partial charge on any atom is 0.181 e. The van der Waals surface area contributed by atoms with Gasteiger partial charge >= 0.3 is 0 Å². The van der Waals surface area contributed by atoms with Gasteiger partial charge in [0.05, 0.1) is 21.8 Å². The lowest BCUT2D eigenvalue weighted by Gasteiger charge is -2.02. The van der Waals surface area contributed by atoms with Crippen molar-refractivity contribution in [1.82, 2.24) is 4.98 Å². The van der Waals surface area contributed by atoms with E-state index in [9.17, 15) is 0 Å². The van der Waals surface area contributed by atoms with Crippen LogP contribution in [-0.2, 0) is 5.75 Å². The summed E-state index contributed by atoms with van der Waals surface area (Å²) in [5.41, 5.74) is 8.56. The van der Waals surface area contributed by atoms with Crippen molar-refractivity contribution in [3.63, 3.8) is 0 Å². The van der Waals surface area contributed by atoms with Gasteiger partial charge in [-0.3, -0.25) is 0 Å². The Kier molecular flexibility index (Phi) is 3.59. The number of thioether (sulfide) groups is 1. The van der Waals surface area contributed by atoms with E-state index in [0.717, 1.165) is 16.0 Å². The number of nitrogens with zero attached hydrogens (tertiary/aromatic N) is 2. The molecule has 0 unspecified atom stereocenters. The Labute approximate surface area is 125 Å². The summed E-state index contributed by atoms with van der Waals surface area (Å²) in [5, 5.41) is 9.37. The van der Waals surface area contributed by atoms with Gasteiger partial charge in [-0.25, -0.2) is 4.98 Å². The summed E-state index contributed by atoms with van der Waals surface area (Å²) in [6.45, 7) is 0. The van der Waals surface area contributed by atoms with Crippen LogP contribution in [0.4, 0.5) is 5.13 Å². The molecule has 0 amide bonds. The lowest BCUT2D eigenvalue weighted by Crippen LogP contribution is -1.82. The molecule has 0 aliphatic carbocycles. The molecule has 20 heavy (non-hydrogen) atoms. The highest BCUT2D eigenvalue weighted by Gasteiger charge is 2.03. The molecule has 0 aliphatic heterocycles. The number of nitrogens with two attached hydrogens (primary N) is 1. The molecular weight excluding hydrogens is 286 g/mol. The van der Waals surface area contributed by atoms with Crippen molar-refractivity contribution in [3.05, 3.63) is 53.6 Å². The minimum atomic E-state index is 0.606. The highest BCUT2D eigenvalue weighted by atomic mass is 32.2. The summed E-state index contributed by atoms with van der Waals surface area (Å²) in [7, 11) is 0. The second kappa shape index (κ2) is 5.53. The Morgan fingerprint density at radius 3 is 2.75 bits per heavy atom. The minimum absolute atomic E-state index is 0.606. The van der Waals surface area contributed by atoms with Crippen LogP contribution in [0.3, 0.4) is 0 Å². The zero-order valence-electron chi connectivity index (χ0n) is 10.5. The number of thiazole rings is 1. The van der Waals surface area contributed by atoms with E-state index in [1.807, 2.05) is 30.3 Å². The number of rotatable bonds is 3. The maximum absolute atomic E-state index is 8.77. The maximum atomic E-state index is 8.77. The van der Waals surface area contributed by atoms with Gasteiger partial charge in [-0.05, 0) is 35.9 Å². The number of nitrogen functional groups attached to an aromatic ring is 1. The fourth-order valence-corrected chi connectivity index (χ4v) is 3.59. The smallest absolute Gasteiger partial charge is 0.181 e. The number of benzene rings is 2. The van der Waals surface area contributed by atoms with Crippen LogP contribution in [0.1, 0.15) is 11.1 Å². The first-order valence-corrected chi connectivity index (χ1v) is 7.83. The number of nitriles is 1. The molecule has 1 aromatic heterocycles. The summed E-state index contributed by atoms with van der Waals surface area (Å²) in [5.74, 6) is 0.880.